The third-order valence-corrected chi connectivity index (χ3v) is 7.94. The first-order valence-electron chi connectivity index (χ1n) is 11.5. The second kappa shape index (κ2) is 10.4. The van der Waals surface area contributed by atoms with E-state index >= 15 is 0 Å². The predicted octanol–water partition coefficient (Wildman–Crippen LogP) is 7.96. The number of ether oxygens (including phenoxy) is 3. The zero-order valence-electron chi connectivity index (χ0n) is 19.7. The van der Waals surface area contributed by atoms with E-state index in [1.165, 1.54) is 7.11 Å². The van der Waals surface area contributed by atoms with E-state index in [-0.39, 0.29) is 23.8 Å². The molecule has 0 fully saturated rings. The van der Waals surface area contributed by atoms with Crippen LogP contribution in [-0.2, 0) is 11.3 Å². The smallest absolute Gasteiger partial charge is 0.338 e. The predicted molar refractivity (Wildman–Crippen MR) is 146 cm³/mol. The van der Waals surface area contributed by atoms with Crippen LogP contribution in [0.25, 0.3) is 0 Å². The molecule has 1 aliphatic heterocycles. The van der Waals surface area contributed by atoms with Gasteiger partial charge in [-0.25, -0.2) is 4.79 Å². The van der Waals surface area contributed by atoms with Crippen LogP contribution >= 0.6 is 39.1 Å². The van der Waals surface area contributed by atoms with Crippen molar-refractivity contribution in [2.75, 3.05) is 19.5 Å². The number of halogens is 3. The fraction of sp³-hybridized carbons (Fsp3) is 0.250. The highest BCUT2D eigenvalue weighted by Crippen LogP contribution is 2.54. The van der Waals surface area contributed by atoms with Crippen LogP contribution in [0, 0.1) is 5.92 Å². The fourth-order valence-electron chi connectivity index (χ4n) is 5.09. The Balaban J connectivity index is 1.49. The van der Waals surface area contributed by atoms with Crippen LogP contribution in [0.3, 0.4) is 0 Å². The number of nitrogens with one attached hydrogen (secondary N) is 1. The van der Waals surface area contributed by atoms with E-state index in [2.05, 4.69) is 39.5 Å². The highest BCUT2D eigenvalue weighted by molar-refractivity contribution is 9.10. The van der Waals surface area contributed by atoms with Gasteiger partial charge in [-0.2, -0.15) is 0 Å². The molecule has 3 aromatic carbocycles. The molecule has 3 aromatic rings. The van der Waals surface area contributed by atoms with Gasteiger partial charge in [-0.3, -0.25) is 0 Å². The minimum Gasteiger partial charge on any atom is -0.493 e. The SMILES string of the molecule is COC(=O)c1ccc(Cl)c2c1[C@@H]1C=CC[C@H]1[C@@H](c1cc(Br)c(OCc3ccc(Cl)cc3)c(OC)c1)N2. The van der Waals surface area contributed by atoms with Gasteiger partial charge in [-0.1, -0.05) is 47.5 Å². The van der Waals surface area contributed by atoms with Crippen LogP contribution in [0.15, 0.2) is 65.2 Å². The number of hydrogen-bond acceptors (Lipinski definition) is 5. The molecule has 1 heterocycles. The number of methoxy groups -OCH3 is 2. The van der Waals surface area contributed by atoms with E-state index < -0.39 is 0 Å². The van der Waals surface area contributed by atoms with E-state index in [4.69, 9.17) is 37.4 Å². The highest BCUT2D eigenvalue weighted by atomic mass is 79.9. The fourth-order valence-corrected chi connectivity index (χ4v) is 6.01. The maximum atomic E-state index is 12.5. The van der Waals surface area contributed by atoms with Gasteiger partial charge in [0.2, 0.25) is 0 Å². The monoisotopic (exact) mass is 587 g/mol. The van der Waals surface area contributed by atoms with Crippen molar-refractivity contribution in [1.82, 2.24) is 0 Å². The largest absolute Gasteiger partial charge is 0.493 e. The number of benzene rings is 3. The zero-order valence-corrected chi connectivity index (χ0v) is 22.8. The molecular weight excluding hydrogens is 565 g/mol. The topological polar surface area (TPSA) is 56.8 Å². The average molecular weight is 589 g/mol. The van der Waals surface area contributed by atoms with Gasteiger partial charge in [0.1, 0.15) is 6.61 Å². The Hall–Kier alpha value is -2.67. The quantitative estimate of drug-likeness (QED) is 0.234. The van der Waals surface area contributed by atoms with Gasteiger partial charge >= 0.3 is 5.97 Å². The molecule has 0 bridgehead atoms. The average Bonchev–Trinajstić information content (AvgIpc) is 3.38. The number of allylic oxidation sites excluding steroid dienone is 2. The minimum atomic E-state index is -0.367. The van der Waals surface area contributed by atoms with Crippen molar-refractivity contribution in [2.24, 2.45) is 5.92 Å². The Morgan fingerprint density at radius 2 is 1.89 bits per heavy atom. The van der Waals surface area contributed by atoms with Crippen molar-refractivity contribution in [1.29, 1.82) is 0 Å². The Bertz CT molecular complexity index is 1340. The molecule has 0 saturated carbocycles. The van der Waals surface area contributed by atoms with E-state index in [9.17, 15) is 4.79 Å². The Labute approximate surface area is 228 Å². The molecule has 5 nitrogen and oxygen atoms in total. The Morgan fingerprint density at radius 3 is 2.61 bits per heavy atom. The lowest BCUT2D eigenvalue weighted by molar-refractivity contribution is 0.0598. The third-order valence-electron chi connectivity index (χ3n) is 6.78. The molecule has 1 aliphatic carbocycles. The molecule has 0 radical (unpaired) electrons. The summed E-state index contributed by atoms with van der Waals surface area (Å²) < 4.78 is 17.7. The minimum absolute atomic E-state index is 0.0321. The maximum absolute atomic E-state index is 12.5. The molecule has 0 unspecified atom stereocenters. The van der Waals surface area contributed by atoms with E-state index in [0.717, 1.165) is 33.3 Å². The lowest BCUT2D eigenvalue weighted by Gasteiger charge is -2.39. The van der Waals surface area contributed by atoms with E-state index in [1.807, 2.05) is 30.3 Å². The molecule has 0 saturated heterocycles. The van der Waals surface area contributed by atoms with Gasteiger partial charge < -0.3 is 19.5 Å². The standard InChI is InChI=1S/C28H24BrCl2NO4/c1-34-23-13-16(12-21(29)27(23)36-14-15-6-8-17(30)9-7-15)25-19-5-3-4-18(19)24-20(28(33)35-2)10-11-22(31)26(24)32-25/h3-4,6-13,18-19,25,32H,5,14H2,1-2H3/t18-,19-,25-/m1/s1. The van der Waals surface area contributed by atoms with Gasteiger partial charge in [0.25, 0.3) is 0 Å². The first-order valence-corrected chi connectivity index (χ1v) is 13.0. The number of anilines is 1. The molecule has 1 N–H and O–H groups in total. The lowest BCUT2D eigenvalue weighted by atomic mass is 9.75. The van der Waals surface area contributed by atoms with Crippen LogP contribution in [-0.4, -0.2) is 20.2 Å². The summed E-state index contributed by atoms with van der Waals surface area (Å²) in [6.45, 7) is 0.376. The number of esters is 1. The van der Waals surface area contributed by atoms with Gasteiger partial charge in [0.15, 0.2) is 11.5 Å². The first kappa shape index (κ1) is 25.0. The molecule has 0 amide bonds. The lowest BCUT2D eigenvalue weighted by Crippen LogP contribution is -2.31. The molecule has 2 aliphatic rings. The summed E-state index contributed by atoms with van der Waals surface area (Å²) >= 11 is 16.3. The molecule has 186 valence electrons. The second-order valence-electron chi connectivity index (χ2n) is 8.80. The van der Waals surface area contributed by atoms with Crippen LogP contribution in [0.5, 0.6) is 11.5 Å². The van der Waals surface area contributed by atoms with Crippen LogP contribution < -0.4 is 14.8 Å². The number of carbonyl (C=O) groups excluding carboxylic acids is 1. The molecule has 0 aromatic heterocycles. The third kappa shape index (κ3) is 4.58. The van der Waals surface area contributed by atoms with Crippen molar-refractivity contribution >= 4 is 50.8 Å². The highest BCUT2D eigenvalue weighted by Gasteiger charge is 2.41. The van der Waals surface area contributed by atoms with Crippen LogP contribution in [0.2, 0.25) is 10.0 Å². The van der Waals surface area contributed by atoms with Gasteiger partial charge in [-0.15, -0.1) is 0 Å². The number of rotatable bonds is 6. The summed E-state index contributed by atoms with van der Waals surface area (Å²) in [6, 6.07) is 15.0. The molecule has 8 heteroatoms. The maximum Gasteiger partial charge on any atom is 0.338 e. The summed E-state index contributed by atoms with van der Waals surface area (Å²) in [5.41, 5.74) is 4.21. The van der Waals surface area contributed by atoms with E-state index in [0.29, 0.717) is 33.7 Å². The Kier molecular flexibility index (Phi) is 7.20. The summed E-state index contributed by atoms with van der Waals surface area (Å²) in [6.07, 6.45) is 5.19. The summed E-state index contributed by atoms with van der Waals surface area (Å²) in [7, 11) is 3.02. The van der Waals surface area contributed by atoms with Gasteiger partial charge in [-0.05, 0) is 81.4 Å². The summed E-state index contributed by atoms with van der Waals surface area (Å²) in [4.78, 5) is 12.5. The first-order chi connectivity index (χ1) is 17.4. The normalized spacial score (nSPS) is 19.8. The van der Waals surface area contributed by atoms with Crippen LogP contribution in [0.1, 0.15) is 45.4 Å². The molecular formula is C28H24BrCl2NO4. The second-order valence-corrected chi connectivity index (χ2v) is 10.5. The van der Waals surface area contributed by atoms with Crippen molar-refractivity contribution < 1.29 is 19.0 Å². The summed E-state index contributed by atoms with van der Waals surface area (Å²) in [5.74, 6) is 1.10. The Morgan fingerprint density at radius 1 is 1.11 bits per heavy atom. The van der Waals surface area contributed by atoms with Gasteiger partial charge in [0, 0.05) is 10.9 Å². The molecule has 0 spiro atoms. The van der Waals surface area contributed by atoms with Crippen LogP contribution in [0.4, 0.5) is 5.69 Å². The summed E-state index contributed by atoms with van der Waals surface area (Å²) in [5, 5.41) is 4.87. The molecule has 3 atom stereocenters. The van der Waals surface area contributed by atoms with Crippen molar-refractivity contribution in [2.45, 2.75) is 25.0 Å². The molecule has 5 rings (SSSR count). The zero-order chi connectivity index (χ0) is 25.4. The van der Waals surface area contributed by atoms with Gasteiger partial charge in [0.05, 0.1) is 41.0 Å². The number of hydrogen-bond donors (Lipinski definition) is 1. The van der Waals surface area contributed by atoms with Crippen molar-refractivity contribution in [3.05, 3.63) is 97.5 Å². The van der Waals surface area contributed by atoms with E-state index in [1.54, 1.807) is 19.2 Å². The van der Waals surface area contributed by atoms with Crippen molar-refractivity contribution in [3.8, 4) is 11.5 Å². The van der Waals surface area contributed by atoms with Crippen molar-refractivity contribution in [3.63, 3.8) is 0 Å². The molecule has 36 heavy (non-hydrogen) atoms. The number of carbonyl (C=O) groups is 1. The number of fused-ring (bicyclic) bond motifs is 3.